The first-order valence-corrected chi connectivity index (χ1v) is 9.90. The maximum atomic E-state index is 13.1. The summed E-state index contributed by atoms with van der Waals surface area (Å²) < 4.78 is 29.7. The summed E-state index contributed by atoms with van der Waals surface area (Å²) in [5.74, 6) is 0. The van der Waals surface area contributed by atoms with Crippen molar-refractivity contribution in [2.24, 2.45) is 0 Å². The number of nitrogens with one attached hydrogen (secondary N) is 1. The minimum absolute atomic E-state index is 0.0952. The number of hydrogen-bond donors (Lipinski definition) is 1. The van der Waals surface area contributed by atoms with Gasteiger partial charge in [0.1, 0.15) is 0 Å². The number of piperidine rings is 2. The van der Waals surface area contributed by atoms with Gasteiger partial charge in [-0.25, -0.2) is 0 Å². The third-order valence-corrected chi connectivity index (χ3v) is 7.12. The van der Waals surface area contributed by atoms with E-state index in [1.165, 1.54) is 0 Å². The summed E-state index contributed by atoms with van der Waals surface area (Å²) in [4.78, 5) is 0. The first-order valence-electron chi connectivity index (χ1n) is 8.50. The molecule has 0 aromatic carbocycles. The van der Waals surface area contributed by atoms with E-state index < -0.39 is 10.2 Å². The average Bonchev–Trinajstić information content (AvgIpc) is 2.48. The van der Waals surface area contributed by atoms with E-state index in [1.54, 1.807) is 8.61 Å². The van der Waals surface area contributed by atoms with Crippen molar-refractivity contribution in [3.8, 4) is 0 Å². The molecule has 0 spiro atoms. The molecular formula is C15H31N3O2S. The third-order valence-electron chi connectivity index (χ3n) is 4.94. The Hall–Kier alpha value is -0.170. The summed E-state index contributed by atoms with van der Waals surface area (Å²) in [5.41, 5.74) is 0. The van der Waals surface area contributed by atoms with E-state index in [0.717, 1.165) is 45.1 Å². The number of nitrogens with zero attached hydrogens (tertiary/aromatic N) is 2. The van der Waals surface area contributed by atoms with Crippen LogP contribution in [0.15, 0.2) is 0 Å². The summed E-state index contributed by atoms with van der Waals surface area (Å²) in [6.07, 6.45) is 6.20. The van der Waals surface area contributed by atoms with Crippen LogP contribution < -0.4 is 5.32 Å². The number of likely N-dealkylation sites (N-methyl/N-ethyl adjacent to an activating group) is 1. The summed E-state index contributed by atoms with van der Waals surface area (Å²) in [6.45, 7) is 8.47. The summed E-state index contributed by atoms with van der Waals surface area (Å²) in [5, 5.41) is 3.41. The van der Waals surface area contributed by atoms with Crippen molar-refractivity contribution in [2.45, 2.75) is 77.4 Å². The van der Waals surface area contributed by atoms with E-state index >= 15 is 0 Å². The van der Waals surface area contributed by atoms with Gasteiger partial charge in [0.05, 0.1) is 0 Å². The van der Waals surface area contributed by atoms with Gasteiger partial charge in [-0.3, -0.25) is 0 Å². The minimum Gasteiger partial charge on any atom is -0.313 e. The van der Waals surface area contributed by atoms with Crippen molar-refractivity contribution >= 4 is 10.2 Å². The van der Waals surface area contributed by atoms with Crippen LogP contribution >= 0.6 is 0 Å². The molecule has 1 N–H and O–H groups in total. The molecule has 2 aliphatic heterocycles. The molecule has 2 aliphatic rings. The molecule has 124 valence electrons. The lowest BCUT2D eigenvalue weighted by atomic mass is 9.99. The van der Waals surface area contributed by atoms with Gasteiger partial charge in [-0.15, -0.1) is 0 Å². The van der Waals surface area contributed by atoms with Crippen LogP contribution in [-0.4, -0.2) is 54.8 Å². The maximum Gasteiger partial charge on any atom is 0.282 e. The first-order chi connectivity index (χ1) is 9.98. The van der Waals surface area contributed by atoms with Crippen LogP contribution in [0.3, 0.4) is 0 Å². The van der Waals surface area contributed by atoms with E-state index in [1.807, 2.05) is 6.92 Å². The van der Waals surface area contributed by atoms with Crippen LogP contribution in [0.1, 0.15) is 59.3 Å². The van der Waals surface area contributed by atoms with Crippen LogP contribution in [0.2, 0.25) is 0 Å². The molecule has 21 heavy (non-hydrogen) atoms. The van der Waals surface area contributed by atoms with Gasteiger partial charge in [-0.05, 0) is 46.1 Å². The fourth-order valence-corrected chi connectivity index (χ4v) is 5.90. The Kier molecular flexibility index (Phi) is 6.05. The molecule has 2 saturated heterocycles. The van der Waals surface area contributed by atoms with Gasteiger partial charge >= 0.3 is 0 Å². The Morgan fingerprint density at radius 3 is 2.33 bits per heavy atom. The fraction of sp³-hybridized carbons (Fsp3) is 1.00. The molecule has 2 heterocycles. The predicted molar refractivity (Wildman–Crippen MR) is 86.4 cm³/mol. The van der Waals surface area contributed by atoms with Crippen LogP contribution in [-0.2, 0) is 10.2 Å². The van der Waals surface area contributed by atoms with E-state index in [0.29, 0.717) is 13.1 Å². The highest BCUT2D eigenvalue weighted by Crippen LogP contribution is 2.28. The lowest BCUT2D eigenvalue weighted by Gasteiger charge is -2.43. The second-order valence-corrected chi connectivity index (χ2v) is 8.32. The summed E-state index contributed by atoms with van der Waals surface area (Å²) in [6, 6.07) is 0.448. The van der Waals surface area contributed by atoms with Crippen molar-refractivity contribution in [3.05, 3.63) is 0 Å². The quantitative estimate of drug-likeness (QED) is 0.843. The van der Waals surface area contributed by atoms with Gasteiger partial charge in [0.25, 0.3) is 10.2 Å². The van der Waals surface area contributed by atoms with Crippen molar-refractivity contribution in [3.63, 3.8) is 0 Å². The molecule has 0 bridgehead atoms. The second-order valence-electron chi connectivity index (χ2n) is 6.48. The topological polar surface area (TPSA) is 52.7 Å². The van der Waals surface area contributed by atoms with Crippen LogP contribution in [0.4, 0.5) is 0 Å². The SMILES string of the molecule is CCNC(C)C1CCCCN1S(=O)(=O)N1CCCCC1C. The van der Waals surface area contributed by atoms with Crippen molar-refractivity contribution in [2.75, 3.05) is 19.6 Å². The standard InChI is InChI=1S/C15H31N3O2S/c1-4-16-14(3)15-10-6-8-12-18(15)21(19,20)17-11-7-5-9-13(17)2/h13-16H,4-12H2,1-3H3. The van der Waals surface area contributed by atoms with Gasteiger partial charge < -0.3 is 5.32 Å². The molecule has 3 atom stereocenters. The highest BCUT2D eigenvalue weighted by Gasteiger charge is 2.40. The smallest absolute Gasteiger partial charge is 0.282 e. The molecular weight excluding hydrogens is 286 g/mol. The Balaban J connectivity index is 2.18. The normalized spacial score (nSPS) is 31.2. The molecule has 3 unspecified atom stereocenters. The highest BCUT2D eigenvalue weighted by atomic mass is 32.2. The van der Waals surface area contributed by atoms with Gasteiger partial charge in [0.15, 0.2) is 0 Å². The Morgan fingerprint density at radius 2 is 1.71 bits per heavy atom. The molecule has 2 rings (SSSR count). The Bertz CT molecular complexity index is 427. The average molecular weight is 317 g/mol. The number of rotatable bonds is 5. The van der Waals surface area contributed by atoms with Crippen molar-refractivity contribution < 1.29 is 8.42 Å². The third kappa shape index (κ3) is 3.78. The van der Waals surface area contributed by atoms with Crippen molar-refractivity contribution in [1.82, 2.24) is 13.9 Å². The van der Waals surface area contributed by atoms with E-state index in [-0.39, 0.29) is 18.1 Å². The Labute approximate surface area is 130 Å². The van der Waals surface area contributed by atoms with Gasteiger partial charge in [-0.1, -0.05) is 19.8 Å². The minimum atomic E-state index is -3.32. The maximum absolute atomic E-state index is 13.1. The molecule has 0 saturated carbocycles. The van der Waals surface area contributed by atoms with E-state index in [4.69, 9.17) is 0 Å². The van der Waals surface area contributed by atoms with Crippen molar-refractivity contribution in [1.29, 1.82) is 0 Å². The monoisotopic (exact) mass is 317 g/mol. The van der Waals surface area contributed by atoms with Crippen LogP contribution in [0.25, 0.3) is 0 Å². The molecule has 0 amide bonds. The van der Waals surface area contributed by atoms with E-state index in [2.05, 4.69) is 19.2 Å². The molecule has 0 aliphatic carbocycles. The fourth-order valence-electron chi connectivity index (χ4n) is 3.72. The van der Waals surface area contributed by atoms with Gasteiger partial charge in [-0.2, -0.15) is 17.0 Å². The Morgan fingerprint density at radius 1 is 1.10 bits per heavy atom. The number of hydrogen-bond acceptors (Lipinski definition) is 3. The molecule has 0 radical (unpaired) electrons. The van der Waals surface area contributed by atoms with Crippen LogP contribution in [0, 0.1) is 0 Å². The largest absolute Gasteiger partial charge is 0.313 e. The highest BCUT2D eigenvalue weighted by molar-refractivity contribution is 7.86. The van der Waals surface area contributed by atoms with Gasteiger partial charge in [0, 0.05) is 31.2 Å². The molecule has 0 aromatic heterocycles. The zero-order valence-electron chi connectivity index (χ0n) is 13.7. The van der Waals surface area contributed by atoms with Gasteiger partial charge in [0.2, 0.25) is 0 Å². The molecule has 2 fully saturated rings. The lowest BCUT2D eigenvalue weighted by molar-refractivity contribution is 0.178. The van der Waals surface area contributed by atoms with Crippen LogP contribution in [0.5, 0.6) is 0 Å². The zero-order chi connectivity index (χ0) is 15.5. The second kappa shape index (κ2) is 7.40. The summed E-state index contributed by atoms with van der Waals surface area (Å²) in [7, 11) is -3.32. The molecule has 5 nitrogen and oxygen atoms in total. The lowest BCUT2D eigenvalue weighted by Crippen LogP contribution is -2.58. The first kappa shape index (κ1) is 17.2. The predicted octanol–water partition coefficient (Wildman–Crippen LogP) is 1.96. The summed E-state index contributed by atoms with van der Waals surface area (Å²) >= 11 is 0. The molecule has 6 heteroatoms. The zero-order valence-corrected chi connectivity index (χ0v) is 14.5. The molecule has 0 aromatic rings. The van der Waals surface area contributed by atoms with E-state index in [9.17, 15) is 8.42 Å².